The van der Waals surface area contributed by atoms with Gasteiger partial charge in [-0.25, -0.2) is 0 Å². The second-order valence-corrected chi connectivity index (χ2v) is 6.28. The van der Waals surface area contributed by atoms with Crippen molar-refractivity contribution in [3.63, 3.8) is 0 Å². The van der Waals surface area contributed by atoms with E-state index in [4.69, 9.17) is 23.2 Å². The molecule has 0 aliphatic rings. The maximum Gasteiger partial charge on any atom is 0.134 e. The van der Waals surface area contributed by atoms with E-state index in [1.54, 1.807) is 29.5 Å². The Labute approximate surface area is 130 Å². The first-order valence-corrected chi connectivity index (χ1v) is 7.60. The van der Waals surface area contributed by atoms with E-state index in [1.165, 1.54) is 4.70 Å². The van der Waals surface area contributed by atoms with Crippen LogP contribution in [0.2, 0.25) is 10.0 Å². The van der Waals surface area contributed by atoms with E-state index in [1.807, 2.05) is 18.2 Å². The lowest BCUT2D eigenvalue weighted by Crippen LogP contribution is -1.97. The van der Waals surface area contributed by atoms with Gasteiger partial charge in [0.15, 0.2) is 0 Å². The van der Waals surface area contributed by atoms with Crippen LogP contribution in [0.15, 0.2) is 42.5 Å². The quantitative estimate of drug-likeness (QED) is 0.621. The Bertz CT molecular complexity index is 770. The molecule has 3 aromatic rings. The van der Waals surface area contributed by atoms with Crippen LogP contribution in [0.25, 0.3) is 10.1 Å². The van der Waals surface area contributed by atoms with Crippen LogP contribution >= 0.6 is 34.5 Å². The van der Waals surface area contributed by atoms with Crippen LogP contribution in [-0.4, -0.2) is 5.11 Å². The third-order valence-electron chi connectivity index (χ3n) is 3.00. The molecule has 5 heteroatoms. The van der Waals surface area contributed by atoms with Crippen LogP contribution < -0.4 is 5.32 Å². The van der Waals surface area contributed by atoms with E-state index in [0.717, 1.165) is 21.0 Å². The highest BCUT2D eigenvalue weighted by molar-refractivity contribution is 7.19. The van der Waals surface area contributed by atoms with Gasteiger partial charge in [-0.1, -0.05) is 41.4 Å². The number of benzene rings is 2. The maximum absolute atomic E-state index is 9.39. The number of rotatable bonds is 3. The molecule has 0 radical (unpaired) electrons. The van der Waals surface area contributed by atoms with E-state index in [0.29, 0.717) is 11.6 Å². The van der Waals surface area contributed by atoms with Gasteiger partial charge in [0.05, 0.1) is 16.6 Å². The number of halogens is 2. The molecule has 0 saturated heterocycles. The van der Waals surface area contributed by atoms with Gasteiger partial charge in [0.25, 0.3) is 0 Å². The van der Waals surface area contributed by atoms with E-state index >= 15 is 0 Å². The predicted octanol–water partition coefficient (Wildman–Crippen LogP) is 5.53. The van der Waals surface area contributed by atoms with Crippen molar-refractivity contribution in [2.45, 2.75) is 6.54 Å². The fourth-order valence-electron chi connectivity index (χ4n) is 1.98. The molecule has 0 aliphatic heterocycles. The third kappa shape index (κ3) is 2.57. The van der Waals surface area contributed by atoms with Crippen LogP contribution in [0.1, 0.15) is 4.88 Å². The maximum atomic E-state index is 9.39. The van der Waals surface area contributed by atoms with E-state index in [9.17, 15) is 5.11 Å². The zero-order chi connectivity index (χ0) is 14.1. The summed E-state index contributed by atoms with van der Waals surface area (Å²) in [5.41, 5.74) is 0.848. The number of hydrogen-bond donors (Lipinski definition) is 2. The Morgan fingerprint density at radius 2 is 1.90 bits per heavy atom. The van der Waals surface area contributed by atoms with Crippen molar-refractivity contribution in [3.8, 4) is 5.75 Å². The monoisotopic (exact) mass is 323 g/mol. The average molecular weight is 324 g/mol. The summed E-state index contributed by atoms with van der Waals surface area (Å²) in [6.45, 7) is 0.624. The summed E-state index contributed by atoms with van der Waals surface area (Å²) >= 11 is 13.9. The molecule has 0 aliphatic carbocycles. The van der Waals surface area contributed by atoms with Crippen molar-refractivity contribution in [1.29, 1.82) is 0 Å². The minimum Gasteiger partial charge on any atom is -0.506 e. The molecular weight excluding hydrogens is 313 g/mol. The number of hydrogen-bond acceptors (Lipinski definition) is 3. The van der Waals surface area contributed by atoms with Crippen molar-refractivity contribution in [2.24, 2.45) is 0 Å². The summed E-state index contributed by atoms with van der Waals surface area (Å²) in [4.78, 5) is 1.08. The molecule has 0 amide bonds. The molecular formula is C15H11Cl2NOS. The number of fused-ring (bicyclic) bond motifs is 1. The van der Waals surface area contributed by atoms with Gasteiger partial charge in [0, 0.05) is 20.7 Å². The summed E-state index contributed by atoms with van der Waals surface area (Å²) in [6, 6.07) is 13.1. The van der Waals surface area contributed by atoms with E-state index < -0.39 is 0 Å². The van der Waals surface area contributed by atoms with Crippen molar-refractivity contribution in [1.82, 2.24) is 0 Å². The first kappa shape index (κ1) is 13.6. The molecule has 102 valence electrons. The highest BCUT2D eigenvalue weighted by Crippen LogP contribution is 2.35. The largest absolute Gasteiger partial charge is 0.506 e. The van der Waals surface area contributed by atoms with Gasteiger partial charge >= 0.3 is 0 Å². The first-order chi connectivity index (χ1) is 9.65. The number of anilines is 1. The molecule has 0 atom stereocenters. The fourth-order valence-corrected chi connectivity index (χ4v) is 3.60. The van der Waals surface area contributed by atoms with E-state index in [-0.39, 0.29) is 5.75 Å². The second-order valence-electron chi connectivity index (χ2n) is 4.36. The molecule has 2 nitrogen and oxygen atoms in total. The topological polar surface area (TPSA) is 32.3 Å². The molecule has 2 N–H and O–H groups in total. The van der Waals surface area contributed by atoms with Gasteiger partial charge in [0.1, 0.15) is 5.75 Å². The number of thiophene rings is 1. The van der Waals surface area contributed by atoms with Crippen LogP contribution in [0.3, 0.4) is 0 Å². The summed E-state index contributed by atoms with van der Waals surface area (Å²) in [5, 5.41) is 14.9. The molecule has 20 heavy (non-hydrogen) atoms. The molecule has 1 heterocycles. The molecule has 0 saturated carbocycles. The molecule has 0 spiro atoms. The predicted molar refractivity (Wildman–Crippen MR) is 87.3 cm³/mol. The standard InChI is InChI=1S/C15H11Cl2NOS/c16-11-7-9(5-6-12(11)19)18-8-14-15(17)10-3-1-2-4-13(10)20-14/h1-7,18-19H,8H2. The van der Waals surface area contributed by atoms with Crippen molar-refractivity contribution < 1.29 is 5.11 Å². The molecule has 0 fully saturated rings. The summed E-state index contributed by atoms with van der Waals surface area (Å²) in [6.07, 6.45) is 0. The zero-order valence-electron chi connectivity index (χ0n) is 10.4. The summed E-state index contributed by atoms with van der Waals surface area (Å²) < 4.78 is 1.18. The molecule has 1 aromatic heterocycles. The van der Waals surface area contributed by atoms with Crippen LogP contribution in [-0.2, 0) is 6.54 Å². The van der Waals surface area contributed by atoms with Crippen LogP contribution in [0.4, 0.5) is 5.69 Å². The lowest BCUT2D eigenvalue weighted by Gasteiger charge is -2.06. The van der Waals surface area contributed by atoms with Gasteiger partial charge in [-0.2, -0.15) is 0 Å². The smallest absolute Gasteiger partial charge is 0.134 e. The van der Waals surface area contributed by atoms with Crippen molar-refractivity contribution in [2.75, 3.05) is 5.32 Å². The highest BCUT2D eigenvalue weighted by atomic mass is 35.5. The number of phenols is 1. The Morgan fingerprint density at radius 3 is 2.65 bits per heavy atom. The Balaban J connectivity index is 1.83. The third-order valence-corrected chi connectivity index (χ3v) is 5.02. The van der Waals surface area contributed by atoms with Gasteiger partial charge in [-0.3, -0.25) is 0 Å². The number of nitrogens with one attached hydrogen (secondary N) is 1. The Hall–Kier alpha value is -1.42. The molecule has 3 rings (SSSR count). The lowest BCUT2D eigenvalue weighted by atomic mass is 10.2. The van der Waals surface area contributed by atoms with Crippen LogP contribution in [0, 0.1) is 0 Å². The Morgan fingerprint density at radius 1 is 1.10 bits per heavy atom. The molecule has 0 unspecified atom stereocenters. The molecule has 0 bridgehead atoms. The minimum absolute atomic E-state index is 0.0807. The number of phenolic OH excluding ortho intramolecular Hbond substituents is 1. The second kappa shape index (κ2) is 5.52. The number of aromatic hydroxyl groups is 1. The van der Waals surface area contributed by atoms with Gasteiger partial charge in [-0.15, -0.1) is 11.3 Å². The highest BCUT2D eigenvalue weighted by Gasteiger charge is 2.09. The van der Waals surface area contributed by atoms with E-state index in [2.05, 4.69) is 11.4 Å². The zero-order valence-corrected chi connectivity index (χ0v) is 12.7. The molecule has 2 aromatic carbocycles. The fraction of sp³-hybridized carbons (Fsp3) is 0.0667. The first-order valence-electron chi connectivity index (χ1n) is 6.03. The summed E-state index contributed by atoms with van der Waals surface area (Å²) in [5.74, 6) is 0.0807. The average Bonchev–Trinajstić information content (AvgIpc) is 2.77. The van der Waals surface area contributed by atoms with Gasteiger partial charge < -0.3 is 10.4 Å². The summed E-state index contributed by atoms with van der Waals surface area (Å²) in [7, 11) is 0. The minimum atomic E-state index is 0.0807. The Kier molecular flexibility index (Phi) is 3.74. The van der Waals surface area contributed by atoms with Gasteiger partial charge in [0.2, 0.25) is 0 Å². The van der Waals surface area contributed by atoms with Gasteiger partial charge in [-0.05, 0) is 24.3 Å². The SMILES string of the molecule is Oc1ccc(NCc2sc3ccccc3c2Cl)cc1Cl. The van der Waals surface area contributed by atoms with Crippen molar-refractivity contribution in [3.05, 3.63) is 57.4 Å². The van der Waals surface area contributed by atoms with Crippen molar-refractivity contribution >= 4 is 50.3 Å². The normalized spacial score (nSPS) is 10.9. The lowest BCUT2D eigenvalue weighted by molar-refractivity contribution is 0.475. The van der Waals surface area contributed by atoms with Crippen LogP contribution in [0.5, 0.6) is 5.75 Å².